The lowest BCUT2D eigenvalue weighted by Gasteiger charge is -2.08. The van der Waals surface area contributed by atoms with Crippen molar-refractivity contribution in [3.63, 3.8) is 0 Å². The zero-order valence-corrected chi connectivity index (χ0v) is 9.83. The highest BCUT2D eigenvalue weighted by Crippen LogP contribution is 2.28. The van der Waals surface area contributed by atoms with Crippen LogP contribution in [0, 0.1) is 0 Å². The van der Waals surface area contributed by atoms with E-state index in [9.17, 15) is 13.2 Å². The van der Waals surface area contributed by atoms with Gasteiger partial charge in [0.2, 0.25) is 0 Å². The number of aromatic nitrogens is 2. The van der Waals surface area contributed by atoms with Crippen LogP contribution in [0.4, 0.5) is 13.2 Å². The van der Waals surface area contributed by atoms with Gasteiger partial charge in [-0.2, -0.15) is 18.3 Å². The van der Waals surface area contributed by atoms with E-state index in [2.05, 4.69) is 5.10 Å². The van der Waals surface area contributed by atoms with E-state index >= 15 is 0 Å². The molecule has 1 aromatic heterocycles. The first-order chi connectivity index (χ1) is 8.41. The monoisotopic (exact) mass is 275 g/mol. The Hall–Kier alpha value is -1.53. The van der Waals surface area contributed by atoms with E-state index in [1.165, 1.54) is 6.20 Å². The molecule has 1 heterocycles. The Labute approximate surface area is 106 Å². The Bertz CT molecular complexity index is 563. The molecule has 96 valence electrons. The van der Waals surface area contributed by atoms with Gasteiger partial charge in [-0.1, -0.05) is 11.6 Å². The lowest BCUT2D eigenvalue weighted by atomic mass is 10.2. The van der Waals surface area contributed by atoms with Gasteiger partial charge in [-0.05, 0) is 29.8 Å². The fourth-order valence-electron chi connectivity index (χ4n) is 1.55. The number of alkyl halides is 3. The molecule has 0 radical (unpaired) electrons. The third-order valence-electron chi connectivity index (χ3n) is 2.39. The highest BCUT2D eigenvalue weighted by atomic mass is 35.5. The molecule has 0 aliphatic heterocycles. The molecule has 0 spiro atoms. The van der Waals surface area contributed by atoms with Crippen molar-refractivity contribution in [1.29, 1.82) is 0 Å². The summed E-state index contributed by atoms with van der Waals surface area (Å²) in [5.41, 5.74) is 5.69. The first-order valence-electron chi connectivity index (χ1n) is 5.03. The van der Waals surface area contributed by atoms with Crippen LogP contribution in [0.2, 0.25) is 5.02 Å². The number of nitrogens with two attached hydrogens (primary N) is 1. The van der Waals surface area contributed by atoms with E-state index in [1.807, 2.05) is 0 Å². The van der Waals surface area contributed by atoms with Crippen molar-refractivity contribution in [2.24, 2.45) is 5.73 Å². The van der Waals surface area contributed by atoms with Crippen LogP contribution < -0.4 is 5.73 Å². The summed E-state index contributed by atoms with van der Waals surface area (Å²) in [6.07, 6.45) is -3.22. The molecule has 0 saturated carbocycles. The van der Waals surface area contributed by atoms with Crippen LogP contribution in [-0.4, -0.2) is 9.78 Å². The van der Waals surface area contributed by atoms with Crippen LogP contribution in [-0.2, 0) is 12.7 Å². The molecule has 0 aliphatic rings. The van der Waals surface area contributed by atoms with Gasteiger partial charge in [0, 0.05) is 17.8 Å². The van der Waals surface area contributed by atoms with Gasteiger partial charge in [-0.25, -0.2) is 4.68 Å². The van der Waals surface area contributed by atoms with Gasteiger partial charge in [0.05, 0.1) is 5.69 Å². The van der Waals surface area contributed by atoms with Crippen LogP contribution in [0.15, 0.2) is 30.5 Å². The number of hydrogen-bond donors (Lipinski definition) is 1. The molecule has 0 aliphatic carbocycles. The summed E-state index contributed by atoms with van der Waals surface area (Å²) in [7, 11) is 0. The van der Waals surface area contributed by atoms with Crippen LogP contribution in [0.3, 0.4) is 0 Å². The summed E-state index contributed by atoms with van der Waals surface area (Å²) >= 11 is 5.80. The molecule has 2 N–H and O–H groups in total. The maximum Gasteiger partial charge on any atom is 0.435 e. The Balaban J connectivity index is 2.46. The maximum absolute atomic E-state index is 12.4. The van der Waals surface area contributed by atoms with Crippen molar-refractivity contribution in [2.45, 2.75) is 12.7 Å². The van der Waals surface area contributed by atoms with E-state index in [0.717, 1.165) is 10.7 Å². The van der Waals surface area contributed by atoms with Crippen LogP contribution in [0.25, 0.3) is 5.69 Å². The second kappa shape index (κ2) is 4.62. The standard InChI is InChI=1S/C11H9ClF3N3/c12-8-1-2-9(7(5-8)6-16)18-4-3-10(17-18)11(13,14)15/h1-5H,6,16H2. The summed E-state index contributed by atoms with van der Waals surface area (Å²) in [4.78, 5) is 0. The average molecular weight is 276 g/mol. The lowest BCUT2D eigenvalue weighted by Crippen LogP contribution is -2.09. The molecule has 0 bridgehead atoms. The molecule has 18 heavy (non-hydrogen) atoms. The van der Waals surface area contributed by atoms with E-state index in [1.54, 1.807) is 18.2 Å². The van der Waals surface area contributed by atoms with Gasteiger partial charge < -0.3 is 5.73 Å². The summed E-state index contributed by atoms with van der Waals surface area (Å²) < 4.78 is 38.5. The van der Waals surface area contributed by atoms with E-state index in [-0.39, 0.29) is 6.54 Å². The van der Waals surface area contributed by atoms with Crippen LogP contribution in [0.1, 0.15) is 11.3 Å². The van der Waals surface area contributed by atoms with Crippen LogP contribution in [0.5, 0.6) is 0 Å². The summed E-state index contributed by atoms with van der Waals surface area (Å²) in [6, 6.07) is 5.67. The van der Waals surface area contributed by atoms with Gasteiger partial charge in [0.25, 0.3) is 0 Å². The molecule has 0 unspecified atom stereocenters. The normalized spacial score (nSPS) is 11.8. The third kappa shape index (κ3) is 2.49. The summed E-state index contributed by atoms with van der Waals surface area (Å²) in [6.45, 7) is 0.164. The smallest absolute Gasteiger partial charge is 0.326 e. The Kier molecular flexibility index (Phi) is 3.32. The quantitative estimate of drug-likeness (QED) is 0.916. The van der Waals surface area contributed by atoms with Gasteiger partial charge in [-0.15, -0.1) is 0 Å². The zero-order chi connectivity index (χ0) is 13.3. The predicted molar refractivity (Wildman–Crippen MR) is 61.5 cm³/mol. The molecule has 0 saturated heterocycles. The molecule has 0 fully saturated rings. The second-order valence-corrected chi connectivity index (χ2v) is 4.06. The van der Waals surface area contributed by atoms with Crippen molar-refractivity contribution < 1.29 is 13.2 Å². The van der Waals surface area contributed by atoms with Gasteiger partial charge in [0.15, 0.2) is 5.69 Å². The SMILES string of the molecule is NCc1cc(Cl)ccc1-n1ccc(C(F)(F)F)n1. The Morgan fingerprint density at radius 3 is 2.56 bits per heavy atom. The molecular formula is C11H9ClF3N3. The van der Waals surface area contributed by atoms with E-state index in [0.29, 0.717) is 16.3 Å². The minimum absolute atomic E-state index is 0.164. The number of nitrogens with zero attached hydrogens (tertiary/aromatic N) is 2. The van der Waals surface area contributed by atoms with Crippen molar-refractivity contribution in [3.8, 4) is 5.69 Å². The summed E-state index contributed by atoms with van der Waals surface area (Å²) in [5.74, 6) is 0. The zero-order valence-electron chi connectivity index (χ0n) is 9.08. The molecule has 2 rings (SSSR count). The van der Waals surface area contributed by atoms with Gasteiger partial charge >= 0.3 is 6.18 Å². The lowest BCUT2D eigenvalue weighted by molar-refractivity contribution is -0.141. The predicted octanol–water partition coefficient (Wildman–Crippen LogP) is 3.00. The second-order valence-electron chi connectivity index (χ2n) is 3.62. The Morgan fingerprint density at radius 1 is 1.28 bits per heavy atom. The minimum atomic E-state index is -4.46. The fraction of sp³-hybridized carbons (Fsp3) is 0.182. The highest BCUT2D eigenvalue weighted by Gasteiger charge is 2.33. The molecule has 2 aromatic rings. The fourth-order valence-corrected chi connectivity index (χ4v) is 1.75. The molecule has 3 nitrogen and oxygen atoms in total. The van der Waals surface area contributed by atoms with Gasteiger partial charge in [-0.3, -0.25) is 0 Å². The maximum atomic E-state index is 12.4. The number of halogens is 4. The Morgan fingerprint density at radius 2 is 2.00 bits per heavy atom. The third-order valence-corrected chi connectivity index (χ3v) is 2.62. The van der Waals surface area contributed by atoms with Crippen molar-refractivity contribution in [2.75, 3.05) is 0 Å². The van der Waals surface area contributed by atoms with Crippen molar-refractivity contribution in [3.05, 3.63) is 46.7 Å². The van der Waals surface area contributed by atoms with Crippen molar-refractivity contribution >= 4 is 11.6 Å². The van der Waals surface area contributed by atoms with Gasteiger partial charge in [0.1, 0.15) is 0 Å². The van der Waals surface area contributed by atoms with Crippen molar-refractivity contribution in [1.82, 2.24) is 9.78 Å². The molecule has 0 amide bonds. The molecule has 0 atom stereocenters. The summed E-state index contributed by atoms with van der Waals surface area (Å²) in [5, 5.41) is 3.96. The van der Waals surface area contributed by atoms with E-state index in [4.69, 9.17) is 17.3 Å². The van der Waals surface area contributed by atoms with Crippen LogP contribution >= 0.6 is 11.6 Å². The molecule has 1 aromatic carbocycles. The topological polar surface area (TPSA) is 43.8 Å². The largest absolute Gasteiger partial charge is 0.435 e. The molecule has 7 heteroatoms. The number of rotatable bonds is 2. The minimum Gasteiger partial charge on any atom is -0.326 e. The first-order valence-corrected chi connectivity index (χ1v) is 5.41. The number of hydrogen-bond acceptors (Lipinski definition) is 2. The average Bonchev–Trinajstić information content (AvgIpc) is 2.77. The molecular weight excluding hydrogens is 267 g/mol. The highest BCUT2D eigenvalue weighted by molar-refractivity contribution is 6.30. The number of benzene rings is 1. The van der Waals surface area contributed by atoms with E-state index < -0.39 is 11.9 Å². The first kappa shape index (κ1) is 12.9.